The Morgan fingerprint density at radius 2 is 1.65 bits per heavy atom. The van der Waals surface area contributed by atoms with Crippen molar-refractivity contribution in [2.45, 2.75) is 66.2 Å². The van der Waals surface area contributed by atoms with Gasteiger partial charge in [0.15, 0.2) is 0 Å². The molecule has 2 radical (unpaired) electrons. The second kappa shape index (κ2) is 13.3. The van der Waals surface area contributed by atoms with E-state index < -0.39 is 0 Å². The number of aromatic nitrogens is 4. The second-order valence-electron chi connectivity index (χ2n) is 8.10. The maximum Gasteiger partial charge on any atom is 0.232 e. The van der Waals surface area contributed by atoms with E-state index in [0.717, 1.165) is 52.4 Å². The number of hydrogen-bond donors (Lipinski definition) is 1. The fourth-order valence-corrected chi connectivity index (χ4v) is 4.52. The lowest BCUT2D eigenvalue weighted by molar-refractivity contribution is -0.118. The average Bonchev–Trinajstić information content (AvgIpc) is 3.43. The highest BCUT2D eigenvalue weighted by atomic mass is 32.1. The molecule has 0 unspecified atom stereocenters. The summed E-state index contributed by atoms with van der Waals surface area (Å²) in [5.74, 6) is -0.190. The minimum atomic E-state index is -0.126. The number of hydrogen-bond acceptors (Lipinski definition) is 8. The van der Waals surface area contributed by atoms with Crippen LogP contribution in [0, 0.1) is 0 Å². The lowest BCUT2D eigenvalue weighted by Crippen LogP contribution is -2.26. The monoisotopic (exact) mass is 498 g/mol. The van der Waals surface area contributed by atoms with E-state index in [1.165, 1.54) is 27.6 Å². The van der Waals surface area contributed by atoms with Crippen LogP contribution in [-0.2, 0) is 22.4 Å². The van der Waals surface area contributed by atoms with Gasteiger partial charge in [-0.2, -0.15) is 0 Å². The minimum absolute atomic E-state index is 0.0641. The zero-order valence-electron chi connectivity index (χ0n) is 20.5. The van der Waals surface area contributed by atoms with Gasteiger partial charge in [0.2, 0.25) is 22.1 Å². The van der Waals surface area contributed by atoms with Gasteiger partial charge in [-0.1, -0.05) is 53.4 Å². The predicted octanol–water partition coefficient (Wildman–Crippen LogP) is 4.62. The Hall–Kier alpha value is -2.66. The third kappa shape index (κ3) is 8.60. The fraction of sp³-hybridized carbons (Fsp3) is 0.478. The summed E-state index contributed by atoms with van der Waals surface area (Å²) in [5.41, 5.74) is 3.31. The van der Waals surface area contributed by atoms with Crippen molar-refractivity contribution in [3.05, 3.63) is 44.9 Å². The number of allylic oxidation sites excluding steroid dienone is 3. The molecule has 0 aromatic carbocycles. The highest BCUT2D eigenvalue weighted by Gasteiger charge is 2.16. The first-order valence-corrected chi connectivity index (χ1v) is 12.7. The van der Waals surface area contributed by atoms with Gasteiger partial charge in [0.25, 0.3) is 0 Å². The van der Waals surface area contributed by atoms with E-state index in [-0.39, 0.29) is 24.7 Å². The quantitative estimate of drug-likeness (QED) is 0.260. The first-order chi connectivity index (χ1) is 16.1. The van der Waals surface area contributed by atoms with Gasteiger partial charge in [-0.05, 0) is 39.2 Å². The molecule has 0 saturated carbocycles. The molecule has 0 bridgehead atoms. The molecule has 11 heteroatoms. The largest absolute Gasteiger partial charge is 0.300 e. The Morgan fingerprint density at radius 1 is 1.03 bits per heavy atom. The van der Waals surface area contributed by atoms with Crippen molar-refractivity contribution in [2.24, 2.45) is 0 Å². The summed E-state index contributed by atoms with van der Waals surface area (Å²) in [6, 6.07) is 0. The number of nitrogens with zero attached hydrogens (tertiary/aromatic N) is 5. The average molecular weight is 498 g/mol. The van der Waals surface area contributed by atoms with E-state index in [2.05, 4.69) is 32.3 Å². The van der Waals surface area contributed by atoms with Crippen LogP contribution in [0.2, 0.25) is 0 Å². The molecule has 1 N–H and O–H groups in total. The first kappa shape index (κ1) is 27.6. The van der Waals surface area contributed by atoms with Crippen LogP contribution in [0.3, 0.4) is 0 Å². The van der Waals surface area contributed by atoms with Crippen LogP contribution in [-0.4, -0.2) is 47.1 Å². The standard InChI is InChI=1S/C23H31BN6O2S2/c1-7-17(14(2)3)13-18(31)25-22-28-26-19(33-22)10-8-9-11-20-27-29-23(34-20)30(6)21(32)12-15(4)16(5)24/h7H,2,8-13H2,1,3-6H3,(H,25,28,31)/b16-15-,17-7-. The molecule has 0 aliphatic rings. The molecule has 0 saturated heterocycles. The Bertz CT molecular complexity index is 1080. The van der Waals surface area contributed by atoms with Crippen molar-refractivity contribution >= 4 is 52.6 Å². The topological polar surface area (TPSA) is 101 Å². The van der Waals surface area contributed by atoms with Gasteiger partial charge in [0.05, 0.1) is 6.42 Å². The molecule has 2 aromatic heterocycles. The Labute approximate surface area is 210 Å². The highest BCUT2D eigenvalue weighted by Crippen LogP contribution is 2.23. The third-order valence-electron chi connectivity index (χ3n) is 5.20. The van der Waals surface area contributed by atoms with E-state index in [0.29, 0.717) is 15.7 Å². The van der Waals surface area contributed by atoms with Gasteiger partial charge in [0.1, 0.15) is 17.9 Å². The number of unbranched alkanes of at least 4 members (excludes halogenated alkanes) is 1. The molecular weight excluding hydrogens is 467 g/mol. The molecule has 0 aliphatic carbocycles. The summed E-state index contributed by atoms with van der Waals surface area (Å²) >= 11 is 2.81. The second-order valence-corrected chi connectivity index (χ2v) is 10.2. The number of amides is 2. The van der Waals surface area contributed by atoms with Crippen molar-refractivity contribution in [1.82, 2.24) is 20.4 Å². The molecule has 0 spiro atoms. The predicted molar refractivity (Wildman–Crippen MR) is 140 cm³/mol. The Balaban J connectivity index is 1.77. The Morgan fingerprint density at radius 3 is 2.24 bits per heavy atom. The summed E-state index contributed by atoms with van der Waals surface area (Å²) < 4.78 is 0. The highest BCUT2D eigenvalue weighted by molar-refractivity contribution is 7.15. The van der Waals surface area contributed by atoms with Crippen LogP contribution in [0.4, 0.5) is 10.3 Å². The van der Waals surface area contributed by atoms with Crippen LogP contribution in [0.5, 0.6) is 0 Å². The number of rotatable bonds is 12. The van der Waals surface area contributed by atoms with Gasteiger partial charge in [0, 0.05) is 26.3 Å². The Kier molecular flexibility index (Phi) is 10.8. The molecule has 8 nitrogen and oxygen atoms in total. The molecule has 0 aliphatic heterocycles. The van der Waals surface area contributed by atoms with Gasteiger partial charge >= 0.3 is 0 Å². The summed E-state index contributed by atoms with van der Waals surface area (Å²) in [7, 11) is 7.45. The SMILES string of the molecule is [B]/C(C)=C(/C)CC(=O)N(C)c1nnc(CCCCc2nnc(NC(=O)C/C(=C/C)C(=C)C)s2)s1. The van der Waals surface area contributed by atoms with Crippen LogP contribution in [0.25, 0.3) is 0 Å². The van der Waals surface area contributed by atoms with Crippen molar-refractivity contribution in [3.63, 3.8) is 0 Å². The van der Waals surface area contributed by atoms with Crippen LogP contribution < -0.4 is 10.2 Å². The van der Waals surface area contributed by atoms with Crippen molar-refractivity contribution < 1.29 is 9.59 Å². The number of anilines is 2. The van der Waals surface area contributed by atoms with Crippen LogP contribution >= 0.6 is 22.7 Å². The maximum absolute atomic E-state index is 12.4. The molecule has 2 rings (SSSR count). The zero-order chi connectivity index (χ0) is 25.3. The minimum Gasteiger partial charge on any atom is -0.300 e. The van der Waals surface area contributed by atoms with E-state index in [1.807, 2.05) is 26.8 Å². The van der Waals surface area contributed by atoms with Crippen molar-refractivity contribution in [2.75, 3.05) is 17.3 Å². The number of carbonyl (C=O) groups is 2. The van der Waals surface area contributed by atoms with E-state index in [9.17, 15) is 9.59 Å². The van der Waals surface area contributed by atoms with E-state index >= 15 is 0 Å². The molecule has 2 aromatic rings. The summed E-state index contributed by atoms with van der Waals surface area (Å²) in [4.78, 5) is 26.1. The number of carbonyl (C=O) groups excluding carboxylic acids is 2. The smallest absolute Gasteiger partial charge is 0.232 e. The van der Waals surface area contributed by atoms with Crippen molar-refractivity contribution in [1.29, 1.82) is 0 Å². The lowest BCUT2D eigenvalue weighted by atomic mass is 9.91. The number of aryl methyl sites for hydroxylation is 2. The van der Waals surface area contributed by atoms with Crippen molar-refractivity contribution in [3.8, 4) is 0 Å². The molecule has 0 atom stereocenters. The lowest BCUT2D eigenvalue weighted by Gasteiger charge is -2.13. The van der Waals surface area contributed by atoms with Gasteiger partial charge in [-0.25, -0.2) is 0 Å². The summed E-state index contributed by atoms with van der Waals surface area (Å²) in [6.07, 6.45) is 5.79. The number of nitrogens with one attached hydrogen (secondary N) is 1. The van der Waals surface area contributed by atoms with Gasteiger partial charge in [-0.15, -0.1) is 25.9 Å². The molecule has 2 heterocycles. The van der Waals surface area contributed by atoms with E-state index in [1.54, 1.807) is 14.0 Å². The third-order valence-corrected chi connectivity index (χ3v) is 7.16. The zero-order valence-corrected chi connectivity index (χ0v) is 22.1. The molecule has 0 fully saturated rings. The molecule has 34 heavy (non-hydrogen) atoms. The van der Waals surface area contributed by atoms with Crippen LogP contribution in [0.15, 0.2) is 34.8 Å². The normalized spacial score (nSPS) is 12.3. The molecule has 180 valence electrons. The fourth-order valence-electron chi connectivity index (χ4n) is 2.87. The first-order valence-electron chi connectivity index (χ1n) is 11.0. The molecular formula is C23H31BN6O2S2. The molecule has 2 amide bonds. The summed E-state index contributed by atoms with van der Waals surface area (Å²) in [6.45, 7) is 11.3. The van der Waals surface area contributed by atoms with E-state index in [4.69, 9.17) is 7.85 Å². The summed E-state index contributed by atoms with van der Waals surface area (Å²) in [5, 5.41) is 22.3. The van der Waals surface area contributed by atoms with Crippen LogP contribution in [0.1, 0.15) is 63.4 Å². The maximum atomic E-state index is 12.4. The van der Waals surface area contributed by atoms with Gasteiger partial charge in [-0.3, -0.25) is 14.5 Å². The van der Waals surface area contributed by atoms with Gasteiger partial charge < -0.3 is 5.32 Å².